The van der Waals surface area contributed by atoms with Gasteiger partial charge in [0.05, 0.1) is 13.2 Å². The predicted octanol–water partition coefficient (Wildman–Crippen LogP) is 3.83. The summed E-state index contributed by atoms with van der Waals surface area (Å²) in [5.41, 5.74) is 0. The lowest BCUT2D eigenvalue weighted by Gasteiger charge is -2.20. The molecule has 0 rings (SSSR count). The third-order valence-corrected chi connectivity index (χ3v) is 6.25. The van der Waals surface area contributed by atoms with Crippen LogP contribution in [0.25, 0.3) is 0 Å². The maximum absolute atomic E-state index is 11.6. The Morgan fingerprint density at radius 2 is 1.29 bits per heavy atom. The van der Waals surface area contributed by atoms with Crippen molar-refractivity contribution in [3.63, 3.8) is 0 Å². The van der Waals surface area contributed by atoms with E-state index in [0.717, 1.165) is 51.4 Å². The molecule has 8 heteroatoms. The maximum Gasteiger partial charge on any atom is 0.305 e. The van der Waals surface area contributed by atoms with E-state index in [4.69, 9.17) is 0 Å². The molecule has 0 aliphatic rings. The fraction of sp³-hybridized carbons (Fsp3) is 0.900. The van der Waals surface area contributed by atoms with E-state index in [1.807, 2.05) is 0 Å². The van der Waals surface area contributed by atoms with E-state index in [1.165, 1.54) is 7.11 Å². The van der Waals surface area contributed by atoms with Gasteiger partial charge in [-0.15, -0.1) is 0 Å². The fourth-order valence-electron chi connectivity index (χ4n) is 3.23. The first-order chi connectivity index (χ1) is 13.2. The van der Waals surface area contributed by atoms with Crippen LogP contribution in [0.2, 0.25) is 0 Å². The highest BCUT2D eigenvalue weighted by molar-refractivity contribution is 7.86. The summed E-state index contributed by atoms with van der Waals surface area (Å²) in [6, 6.07) is 0. The molecule has 0 saturated heterocycles. The highest BCUT2D eigenvalue weighted by Gasteiger charge is 2.29. The number of rotatable bonds is 18. The summed E-state index contributed by atoms with van der Waals surface area (Å²) in [6.45, 7) is 1.58. The molecule has 0 aromatic heterocycles. The monoisotopic (exact) mass is 422 g/mol. The fourth-order valence-corrected chi connectivity index (χ4v) is 4.23. The number of ether oxygens (including phenoxy) is 1. The van der Waals surface area contributed by atoms with Gasteiger partial charge in [-0.3, -0.25) is 9.35 Å². The molecule has 0 amide bonds. The van der Waals surface area contributed by atoms with Gasteiger partial charge in [0.25, 0.3) is 10.1 Å². The molecule has 0 aliphatic carbocycles. The van der Waals surface area contributed by atoms with Crippen molar-refractivity contribution in [1.29, 1.82) is 0 Å². The van der Waals surface area contributed by atoms with E-state index >= 15 is 0 Å². The van der Waals surface area contributed by atoms with Crippen LogP contribution in [-0.4, -0.2) is 48.3 Å². The average molecular weight is 423 g/mol. The van der Waals surface area contributed by atoms with Gasteiger partial charge < -0.3 is 14.6 Å². The van der Waals surface area contributed by atoms with Crippen LogP contribution in [0.5, 0.6) is 0 Å². The SMILES string of the molecule is COC(=O)CCCCCCCC(C(O)CCCCCCCC(C)=O)S(=O)(=O)O. The van der Waals surface area contributed by atoms with Gasteiger partial charge in [-0.25, -0.2) is 0 Å². The van der Waals surface area contributed by atoms with Crippen LogP contribution in [0.1, 0.15) is 96.8 Å². The minimum atomic E-state index is -4.29. The minimum Gasteiger partial charge on any atom is -0.469 e. The normalized spacial score (nSPS) is 13.9. The second-order valence-electron chi connectivity index (χ2n) is 7.51. The minimum absolute atomic E-state index is 0.190. The Hall–Kier alpha value is -0.990. The summed E-state index contributed by atoms with van der Waals surface area (Å²) in [4.78, 5) is 21.9. The number of hydrogen-bond donors (Lipinski definition) is 2. The van der Waals surface area contributed by atoms with E-state index in [-0.39, 0.29) is 18.2 Å². The second kappa shape index (κ2) is 15.9. The zero-order valence-electron chi connectivity index (χ0n) is 17.4. The van der Waals surface area contributed by atoms with Crippen LogP contribution < -0.4 is 0 Å². The number of carbonyl (C=O) groups is 2. The number of unbranched alkanes of at least 4 members (excludes halogenated alkanes) is 8. The quantitative estimate of drug-likeness (QED) is 0.196. The number of aliphatic hydroxyl groups excluding tert-OH is 1. The van der Waals surface area contributed by atoms with Gasteiger partial charge in [-0.05, 0) is 32.6 Å². The van der Waals surface area contributed by atoms with Gasteiger partial charge in [-0.2, -0.15) is 8.42 Å². The molecule has 0 heterocycles. The van der Waals surface area contributed by atoms with Crippen LogP contribution in [0.15, 0.2) is 0 Å². The molecule has 7 nitrogen and oxygen atoms in total. The van der Waals surface area contributed by atoms with Crippen molar-refractivity contribution in [3.8, 4) is 0 Å². The molecule has 2 N–H and O–H groups in total. The van der Waals surface area contributed by atoms with Crippen molar-refractivity contribution in [2.75, 3.05) is 7.11 Å². The number of esters is 1. The summed E-state index contributed by atoms with van der Waals surface area (Å²) >= 11 is 0. The largest absolute Gasteiger partial charge is 0.469 e. The van der Waals surface area contributed by atoms with E-state index in [9.17, 15) is 27.7 Å². The third-order valence-electron chi connectivity index (χ3n) is 4.94. The van der Waals surface area contributed by atoms with Crippen molar-refractivity contribution in [3.05, 3.63) is 0 Å². The molecule has 0 radical (unpaired) electrons. The molecule has 0 bridgehead atoms. The first-order valence-corrected chi connectivity index (χ1v) is 11.9. The molecule has 166 valence electrons. The Labute approximate surface area is 170 Å². The first-order valence-electron chi connectivity index (χ1n) is 10.4. The van der Waals surface area contributed by atoms with Crippen molar-refractivity contribution < 1.29 is 32.4 Å². The van der Waals surface area contributed by atoms with Gasteiger partial charge in [0, 0.05) is 12.8 Å². The number of aliphatic hydroxyl groups is 1. The molecular formula is C20H38O7S. The lowest BCUT2D eigenvalue weighted by molar-refractivity contribution is -0.140. The van der Waals surface area contributed by atoms with Crippen molar-refractivity contribution >= 4 is 21.9 Å². The molecule has 28 heavy (non-hydrogen) atoms. The number of methoxy groups -OCH3 is 1. The lowest BCUT2D eigenvalue weighted by atomic mass is 10.0. The van der Waals surface area contributed by atoms with Gasteiger partial charge in [-0.1, -0.05) is 51.4 Å². The Kier molecular flexibility index (Phi) is 15.3. The predicted molar refractivity (Wildman–Crippen MR) is 109 cm³/mol. The smallest absolute Gasteiger partial charge is 0.305 e. The highest BCUT2D eigenvalue weighted by Crippen LogP contribution is 2.20. The molecule has 0 aliphatic heterocycles. The summed E-state index contributed by atoms with van der Waals surface area (Å²) in [5, 5.41) is 9.08. The Morgan fingerprint density at radius 3 is 1.79 bits per heavy atom. The van der Waals surface area contributed by atoms with E-state index < -0.39 is 21.5 Å². The van der Waals surface area contributed by atoms with Gasteiger partial charge >= 0.3 is 5.97 Å². The lowest BCUT2D eigenvalue weighted by Crippen LogP contribution is -2.33. The van der Waals surface area contributed by atoms with Crippen LogP contribution in [0.4, 0.5) is 0 Å². The van der Waals surface area contributed by atoms with Crippen molar-refractivity contribution in [2.45, 2.75) is 108 Å². The molecule has 0 fully saturated rings. The number of hydrogen-bond acceptors (Lipinski definition) is 6. The van der Waals surface area contributed by atoms with Gasteiger partial charge in [0.1, 0.15) is 11.0 Å². The molecule has 0 spiro atoms. The van der Waals surface area contributed by atoms with E-state index in [1.54, 1.807) is 6.92 Å². The van der Waals surface area contributed by atoms with Gasteiger partial charge in [0.2, 0.25) is 0 Å². The van der Waals surface area contributed by atoms with Crippen molar-refractivity contribution in [2.24, 2.45) is 0 Å². The molecule has 2 unspecified atom stereocenters. The Bertz CT molecular complexity index is 531. The molecule has 0 aromatic carbocycles. The van der Waals surface area contributed by atoms with E-state index in [0.29, 0.717) is 32.1 Å². The third kappa shape index (κ3) is 15.0. The number of carbonyl (C=O) groups excluding carboxylic acids is 2. The summed E-state index contributed by atoms with van der Waals surface area (Å²) in [5.74, 6) is -0.0386. The Balaban J connectivity index is 4.00. The maximum atomic E-state index is 11.6. The van der Waals surface area contributed by atoms with Crippen LogP contribution in [0, 0.1) is 0 Å². The topological polar surface area (TPSA) is 118 Å². The highest BCUT2D eigenvalue weighted by atomic mass is 32.2. The van der Waals surface area contributed by atoms with Crippen LogP contribution in [0.3, 0.4) is 0 Å². The number of Topliss-reactive ketones (excluding diaryl/α,β-unsaturated/α-hetero) is 1. The first kappa shape index (κ1) is 27.0. The average Bonchev–Trinajstić information content (AvgIpc) is 2.61. The standard InChI is InChI=1S/C20H38O7S/c1-17(21)13-9-5-3-6-10-14-18(22)19(28(24,25)26)15-11-7-4-8-12-16-20(23)27-2/h18-19,22H,3-16H2,1-2H3,(H,24,25,26). The van der Waals surface area contributed by atoms with Crippen LogP contribution in [-0.2, 0) is 24.4 Å². The Morgan fingerprint density at radius 1 is 0.821 bits per heavy atom. The van der Waals surface area contributed by atoms with Crippen LogP contribution >= 0.6 is 0 Å². The summed E-state index contributed by atoms with van der Waals surface area (Å²) in [6.07, 6.45) is 8.67. The molecule has 0 aromatic rings. The molecule has 0 saturated carbocycles. The summed E-state index contributed by atoms with van der Waals surface area (Å²) < 4.78 is 37.2. The zero-order chi connectivity index (χ0) is 21.4. The number of ketones is 1. The zero-order valence-corrected chi connectivity index (χ0v) is 18.2. The second-order valence-corrected chi connectivity index (χ2v) is 9.15. The van der Waals surface area contributed by atoms with E-state index in [2.05, 4.69) is 4.74 Å². The summed E-state index contributed by atoms with van der Waals surface area (Å²) in [7, 11) is -2.93. The molecular weight excluding hydrogens is 384 g/mol. The van der Waals surface area contributed by atoms with Crippen molar-refractivity contribution in [1.82, 2.24) is 0 Å². The molecule has 2 atom stereocenters. The van der Waals surface area contributed by atoms with Gasteiger partial charge in [0.15, 0.2) is 0 Å².